The van der Waals surface area contributed by atoms with E-state index in [0.717, 1.165) is 12.3 Å². The molecule has 1 rings (SSSR count). The van der Waals surface area contributed by atoms with Crippen molar-refractivity contribution in [2.45, 2.75) is 6.04 Å². The molecule has 1 heterocycles. The first-order chi connectivity index (χ1) is 6.11. The molecule has 0 aromatic carbocycles. The molecule has 0 fully saturated rings. The predicted molar refractivity (Wildman–Crippen MR) is 54.1 cm³/mol. The van der Waals surface area contributed by atoms with Gasteiger partial charge in [-0.1, -0.05) is 0 Å². The van der Waals surface area contributed by atoms with E-state index in [0.29, 0.717) is 11.6 Å². The fraction of sp³-hybridized carbons (Fsp3) is 0.857. The lowest BCUT2D eigenvalue weighted by atomic mass is 10.3. The van der Waals surface area contributed by atoms with E-state index in [4.69, 9.17) is 0 Å². The Balaban J connectivity index is 2.61. The van der Waals surface area contributed by atoms with Crippen LogP contribution in [0, 0.1) is 10.1 Å². The number of likely N-dealkylation sites (N-methyl/N-ethyl adjacent to an activating group) is 1. The van der Waals surface area contributed by atoms with Gasteiger partial charge in [0, 0.05) is 17.2 Å². The number of nitrogens with zero attached hydrogens (tertiary/aromatic N) is 3. The Labute approximate surface area is 81.4 Å². The Hall–Kier alpha value is -0.620. The average Bonchev–Trinajstić information content (AvgIpc) is 2.50. The van der Waals surface area contributed by atoms with Gasteiger partial charge < -0.3 is 4.90 Å². The van der Waals surface area contributed by atoms with E-state index in [-0.39, 0.29) is 4.92 Å². The number of rotatable bonds is 4. The summed E-state index contributed by atoms with van der Waals surface area (Å²) in [7, 11) is 3.66. The van der Waals surface area contributed by atoms with Gasteiger partial charge in [0.2, 0.25) is 0 Å². The van der Waals surface area contributed by atoms with Gasteiger partial charge in [-0.2, -0.15) is 0 Å². The van der Waals surface area contributed by atoms with Gasteiger partial charge in [-0.25, -0.2) is 0 Å². The van der Waals surface area contributed by atoms with Crippen molar-refractivity contribution in [1.29, 1.82) is 0 Å². The van der Waals surface area contributed by atoms with Crippen LogP contribution in [-0.2, 0) is 0 Å². The molecule has 0 N–H and O–H groups in total. The van der Waals surface area contributed by atoms with Gasteiger partial charge in [-0.3, -0.25) is 15.1 Å². The summed E-state index contributed by atoms with van der Waals surface area (Å²) in [5, 5.41) is 11.4. The molecule has 6 heteroatoms. The van der Waals surface area contributed by atoms with Crippen molar-refractivity contribution < 1.29 is 4.92 Å². The first kappa shape index (κ1) is 10.5. The summed E-state index contributed by atoms with van der Waals surface area (Å²) in [5.74, 6) is 0.882. The fourth-order valence-electron chi connectivity index (χ4n) is 1.13. The standard InChI is InChI=1S/C7H13N3O2S/c1-9(2)5-6(10(11)12)7-8-3-4-13-7/h6H,3-5H2,1-2H3. The normalized spacial score (nSPS) is 18.8. The molecule has 0 spiro atoms. The van der Waals surface area contributed by atoms with Crippen LogP contribution in [0.1, 0.15) is 0 Å². The lowest BCUT2D eigenvalue weighted by molar-refractivity contribution is -0.502. The molecule has 1 atom stereocenters. The molecule has 0 bridgehead atoms. The second-order valence-electron chi connectivity index (χ2n) is 3.13. The van der Waals surface area contributed by atoms with Gasteiger partial charge >= 0.3 is 0 Å². The summed E-state index contributed by atoms with van der Waals surface area (Å²) in [6.45, 7) is 1.15. The van der Waals surface area contributed by atoms with Crippen LogP contribution in [0.5, 0.6) is 0 Å². The van der Waals surface area contributed by atoms with Crippen LogP contribution in [-0.4, -0.2) is 53.8 Å². The van der Waals surface area contributed by atoms with Crippen molar-refractivity contribution in [1.82, 2.24) is 4.90 Å². The highest BCUT2D eigenvalue weighted by Gasteiger charge is 2.29. The molecule has 74 valence electrons. The quantitative estimate of drug-likeness (QED) is 0.488. The van der Waals surface area contributed by atoms with Gasteiger partial charge in [-0.15, -0.1) is 11.8 Å². The van der Waals surface area contributed by atoms with Gasteiger partial charge in [0.1, 0.15) is 5.04 Å². The van der Waals surface area contributed by atoms with E-state index in [1.54, 1.807) is 0 Å². The van der Waals surface area contributed by atoms with Crippen LogP contribution in [0.3, 0.4) is 0 Å². The third-order valence-electron chi connectivity index (χ3n) is 1.69. The van der Waals surface area contributed by atoms with E-state index < -0.39 is 6.04 Å². The Bertz CT molecular complexity index is 230. The Morgan fingerprint density at radius 1 is 1.77 bits per heavy atom. The molecule has 0 radical (unpaired) electrons. The maximum atomic E-state index is 10.7. The highest BCUT2D eigenvalue weighted by atomic mass is 32.2. The first-order valence-electron chi connectivity index (χ1n) is 4.06. The highest BCUT2D eigenvalue weighted by molar-refractivity contribution is 8.14. The zero-order chi connectivity index (χ0) is 9.84. The summed E-state index contributed by atoms with van der Waals surface area (Å²) < 4.78 is 0. The Kier molecular flexibility index (Phi) is 3.68. The summed E-state index contributed by atoms with van der Waals surface area (Å²) >= 11 is 1.50. The van der Waals surface area contributed by atoms with Crippen LogP contribution in [0.15, 0.2) is 4.99 Å². The summed E-state index contributed by atoms with van der Waals surface area (Å²) in [4.78, 5) is 16.4. The zero-order valence-electron chi connectivity index (χ0n) is 7.77. The zero-order valence-corrected chi connectivity index (χ0v) is 8.58. The number of thioether (sulfide) groups is 1. The molecular weight excluding hydrogens is 190 g/mol. The molecule has 0 saturated carbocycles. The third kappa shape index (κ3) is 2.96. The van der Waals surface area contributed by atoms with Crippen molar-refractivity contribution in [2.24, 2.45) is 4.99 Å². The van der Waals surface area contributed by atoms with Crippen LogP contribution in [0.4, 0.5) is 0 Å². The van der Waals surface area contributed by atoms with E-state index in [2.05, 4.69) is 4.99 Å². The first-order valence-corrected chi connectivity index (χ1v) is 5.05. The molecule has 5 nitrogen and oxygen atoms in total. The topological polar surface area (TPSA) is 58.7 Å². The van der Waals surface area contributed by atoms with Gasteiger partial charge in [-0.05, 0) is 14.1 Å². The highest BCUT2D eigenvalue weighted by Crippen LogP contribution is 2.16. The monoisotopic (exact) mass is 203 g/mol. The minimum absolute atomic E-state index is 0.253. The van der Waals surface area contributed by atoms with E-state index >= 15 is 0 Å². The second kappa shape index (κ2) is 4.57. The van der Waals surface area contributed by atoms with Crippen LogP contribution >= 0.6 is 11.8 Å². The molecule has 0 aromatic rings. The molecule has 13 heavy (non-hydrogen) atoms. The number of aliphatic imine (C=N–C) groups is 1. The van der Waals surface area contributed by atoms with Crippen molar-refractivity contribution in [3.63, 3.8) is 0 Å². The lowest BCUT2D eigenvalue weighted by Gasteiger charge is -2.13. The molecule has 1 aliphatic rings. The Morgan fingerprint density at radius 2 is 2.46 bits per heavy atom. The van der Waals surface area contributed by atoms with Crippen LogP contribution in [0.2, 0.25) is 0 Å². The minimum atomic E-state index is -0.637. The van der Waals surface area contributed by atoms with E-state index in [1.165, 1.54) is 11.8 Å². The average molecular weight is 203 g/mol. The van der Waals surface area contributed by atoms with Crippen molar-refractivity contribution in [2.75, 3.05) is 32.9 Å². The summed E-state index contributed by atoms with van der Waals surface area (Å²) in [6, 6.07) is -0.637. The molecule has 0 aliphatic carbocycles. The summed E-state index contributed by atoms with van der Waals surface area (Å²) in [5.41, 5.74) is 0. The van der Waals surface area contributed by atoms with Crippen molar-refractivity contribution in [3.05, 3.63) is 10.1 Å². The fourth-order valence-corrected chi connectivity index (χ4v) is 2.06. The molecule has 0 amide bonds. The van der Waals surface area contributed by atoms with Gasteiger partial charge in [0.05, 0.1) is 6.54 Å². The second-order valence-corrected chi connectivity index (χ2v) is 4.25. The largest absolute Gasteiger partial charge is 0.303 e. The van der Waals surface area contributed by atoms with Gasteiger partial charge in [0.25, 0.3) is 6.04 Å². The third-order valence-corrected chi connectivity index (χ3v) is 2.77. The maximum Gasteiger partial charge on any atom is 0.272 e. The maximum absolute atomic E-state index is 10.7. The smallest absolute Gasteiger partial charge is 0.272 e. The van der Waals surface area contributed by atoms with E-state index in [1.807, 2.05) is 19.0 Å². The lowest BCUT2D eigenvalue weighted by Crippen LogP contribution is -2.37. The molecule has 0 aromatic heterocycles. The van der Waals surface area contributed by atoms with Gasteiger partial charge in [0.15, 0.2) is 0 Å². The van der Waals surface area contributed by atoms with Crippen molar-refractivity contribution >= 4 is 16.8 Å². The minimum Gasteiger partial charge on any atom is -0.303 e. The summed E-state index contributed by atoms with van der Waals surface area (Å²) in [6.07, 6.45) is 0. The molecule has 0 saturated heterocycles. The van der Waals surface area contributed by atoms with Crippen LogP contribution < -0.4 is 0 Å². The number of hydrogen-bond acceptors (Lipinski definition) is 5. The predicted octanol–water partition coefficient (Wildman–Crippen LogP) is 0.339. The van der Waals surface area contributed by atoms with E-state index in [9.17, 15) is 10.1 Å². The molecule has 1 unspecified atom stereocenters. The number of nitro groups is 1. The molecular formula is C7H13N3O2S. The number of hydrogen-bond donors (Lipinski definition) is 0. The molecule has 1 aliphatic heterocycles. The SMILES string of the molecule is CN(C)CC(C1=NCCS1)[N+](=O)[O-]. The van der Waals surface area contributed by atoms with Crippen LogP contribution in [0.25, 0.3) is 0 Å². The Morgan fingerprint density at radius 3 is 2.85 bits per heavy atom. The van der Waals surface area contributed by atoms with Crippen molar-refractivity contribution in [3.8, 4) is 0 Å².